The van der Waals surface area contributed by atoms with Gasteiger partial charge in [-0.05, 0) is 26.7 Å². The second-order valence-corrected chi connectivity index (χ2v) is 6.75. The van der Waals surface area contributed by atoms with Crippen LogP contribution < -0.4 is 10.6 Å². The largest absolute Gasteiger partial charge is 0.350 e. The number of nitrogens with one attached hydrogen (secondary N) is 2. The van der Waals surface area contributed by atoms with Crippen LogP contribution >= 0.6 is 11.3 Å². The number of thiazole rings is 1. The summed E-state index contributed by atoms with van der Waals surface area (Å²) in [6.07, 6.45) is 7.98. The van der Waals surface area contributed by atoms with Crippen LogP contribution in [0, 0.1) is 13.8 Å². The molecule has 0 spiro atoms. The van der Waals surface area contributed by atoms with Crippen molar-refractivity contribution in [1.82, 2.24) is 15.6 Å². The molecular formula is C15H25N3OS. The Morgan fingerprint density at radius 2 is 1.90 bits per heavy atom. The molecule has 1 aliphatic carbocycles. The molecule has 1 saturated carbocycles. The van der Waals surface area contributed by atoms with Crippen molar-refractivity contribution in [2.75, 3.05) is 13.1 Å². The molecule has 0 aromatic carbocycles. The van der Waals surface area contributed by atoms with Gasteiger partial charge >= 0.3 is 0 Å². The van der Waals surface area contributed by atoms with Gasteiger partial charge in [0.2, 0.25) is 0 Å². The summed E-state index contributed by atoms with van der Waals surface area (Å²) >= 11 is 1.47. The van der Waals surface area contributed by atoms with Crippen LogP contribution in [-0.2, 0) is 0 Å². The minimum Gasteiger partial charge on any atom is -0.350 e. The van der Waals surface area contributed by atoms with Crippen LogP contribution in [0.15, 0.2) is 0 Å². The molecule has 5 heteroatoms. The van der Waals surface area contributed by atoms with E-state index < -0.39 is 0 Å². The molecule has 20 heavy (non-hydrogen) atoms. The Labute approximate surface area is 125 Å². The molecule has 0 bridgehead atoms. The first-order chi connectivity index (χ1) is 9.66. The third kappa shape index (κ3) is 4.56. The predicted molar refractivity (Wildman–Crippen MR) is 83.4 cm³/mol. The van der Waals surface area contributed by atoms with E-state index in [2.05, 4.69) is 15.6 Å². The van der Waals surface area contributed by atoms with Crippen molar-refractivity contribution in [3.05, 3.63) is 15.6 Å². The van der Waals surface area contributed by atoms with Gasteiger partial charge in [-0.3, -0.25) is 4.79 Å². The minimum atomic E-state index is 0.00997. The van der Waals surface area contributed by atoms with Crippen molar-refractivity contribution in [3.63, 3.8) is 0 Å². The van der Waals surface area contributed by atoms with Gasteiger partial charge in [-0.15, -0.1) is 11.3 Å². The average Bonchev–Trinajstić information content (AvgIpc) is 2.64. The Hall–Kier alpha value is -0.940. The number of nitrogens with zero attached hydrogens (tertiary/aromatic N) is 1. The highest BCUT2D eigenvalue weighted by molar-refractivity contribution is 7.13. The van der Waals surface area contributed by atoms with Crippen molar-refractivity contribution < 1.29 is 4.79 Å². The van der Waals surface area contributed by atoms with E-state index >= 15 is 0 Å². The van der Waals surface area contributed by atoms with Crippen molar-refractivity contribution in [1.29, 1.82) is 0 Å². The molecule has 1 aliphatic rings. The van der Waals surface area contributed by atoms with E-state index in [0.717, 1.165) is 22.1 Å². The summed E-state index contributed by atoms with van der Waals surface area (Å²) < 4.78 is 0. The van der Waals surface area contributed by atoms with Crippen molar-refractivity contribution in [3.8, 4) is 0 Å². The molecule has 1 aromatic rings. The zero-order valence-corrected chi connectivity index (χ0v) is 13.3. The summed E-state index contributed by atoms with van der Waals surface area (Å²) in [5, 5.41) is 7.49. The normalized spacial score (nSPS) is 16.9. The Bertz CT molecular complexity index is 436. The number of carbonyl (C=O) groups is 1. The molecule has 0 unspecified atom stereocenters. The number of rotatable bonds is 5. The van der Waals surface area contributed by atoms with Crippen molar-refractivity contribution in [2.24, 2.45) is 0 Å². The Morgan fingerprint density at radius 1 is 1.20 bits per heavy atom. The van der Waals surface area contributed by atoms with Crippen molar-refractivity contribution >= 4 is 17.2 Å². The zero-order valence-electron chi connectivity index (χ0n) is 12.5. The van der Waals surface area contributed by atoms with Gasteiger partial charge in [-0.2, -0.15) is 0 Å². The third-order valence-electron chi connectivity index (χ3n) is 3.81. The van der Waals surface area contributed by atoms with Crippen LogP contribution in [0.4, 0.5) is 0 Å². The molecule has 1 aromatic heterocycles. The Morgan fingerprint density at radius 3 is 2.50 bits per heavy atom. The SMILES string of the molecule is Cc1nc(C)c(C(=O)NCCNC2CCCCCC2)s1. The van der Waals surface area contributed by atoms with Crippen LogP contribution in [0.5, 0.6) is 0 Å². The lowest BCUT2D eigenvalue weighted by atomic mass is 10.1. The summed E-state index contributed by atoms with van der Waals surface area (Å²) in [6.45, 7) is 5.36. The quantitative estimate of drug-likeness (QED) is 0.649. The number of carbonyl (C=O) groups excluding carboxylic acids is 1. The first-order valence-electron chi connectivity index (χ1n) is 7.62. The van der Waals surface area contributed by atoms with Gasteiger partial charge < -0.3 is 10.6 Å². The van der Waals surface area contributed by atoms with E-state index in [1.165, 1.54) is 49.9 Å². The monoisotopic (exact) mass is 295 g/mol. The smallest absolute Gasteiger partial charge is 0.263 e. The summed E-state index contributed by atoms with van der Waals surface area (Å²) in [5.74, 6) is 0.00997. The number of hydrogen-bond donors (Lipinski definition) is 2. The van der Waals surface area contributed by atoms with Crippen LogP contribution in [0.3, 0.4) is 0 Å². The number of aromatic nitrogens is 1. The fourth-order valence-electron chi connectivity index (χ4n) is 2.76. The predicted octanol–water partition coefficient (Wildman–Crippen LogP) is 2.80. The van der Waals surface area contributed by atoms with E-state index in [4.69, 9.17) is 0 Å². The highest BCUT2D eigenvalue weighted by Crippen LogP contribution is 2.17. The topological polar surface area (TPSA) is 54.0 Å². The first-order valence-corrected chi connectivity index (χ1v) is 8.44. The molecule has 0 saturated heterocycles. The molecule has 1 amide bonds. The van der Waals surface area contributed by atoms with Gasteiger partial charge in [0.05, 0.1) is 10.7 Å². The average molecular weight is 295 g/mol. The van der Waals surface area contributed by atoms with Gasteiger partial charge in [0, 0.05) is 19.1 Å². The molecule has 112 valence electrons. The van der Waals surface area contributed by atoms with Gasteiger partial charge in [-0.1, -0.05) is 25.7 Å². The summed E-state index contributed by atoms with van der Waals surface area (Å²) in [5.41, 5.74) is 0.835. The second-order valence-electron chi connectivity index (χ2n) is 5.55. The highest BCUT2D eigenvalue weighted by Gasteiger charge is 2.14. The van der Waals surface area contributed by atoms with Crippen molar-refractivity contribution in [2.45, 2.75) is 58.4 Å². The third-order valence-corrected chi connectivity index (χ3v) is 4.88. The molecule has 0 aliphatic heterocycles. The number of hydrogen-bond acceptors (Lipinski definition) is 4. The van der Waals surface area contributed by atoms with E-state index in [1.54, 1.807) is 0 Å². The molecule has 2 N–H and O–H groups in total. The van der Waals surface area contributed by atoms with Gasteiger partial charge in [-0.25, -0.2) is 4.98 Å². The summed E-state index contributed by atoms with van der Waals surface area (Å²) in [4.78, 5) is 17.0. The van der Waals surface area contributed by atoms with E-state index in [-0.39, 0.29) is 5.91 Å². The van der Waals surface area contributed by atoms with Gasteiger partial charge in [0.15, 0.2) is 0 Å². The van der Waals surface area contributed by atoms with Crippen LogP contribution in [-0.4, -0.2) is 30.0 Å². The lowest BCUT2D eigenvalue weighted by Gasteiger charge is -2.16. The number of aryl methyl sites for hydroxylation is 2. The zero-order chi connectivity index (χ0) is 14.4. The molecule has 4 nitrogen and oxygen atoms in total. The molecule has 1 heterocycles. The maximum atomic E-state index is 12.0. The molecule has 1 fully saturated rings. The molecule has 0 atom stereocenters. The lowest BCUT2D eigenvalue weighted by molar-refractivity contribution is 0.0956. The highest BCUT2D eigenvalue weighted by atomic mass is 32.1. The van der Waals surface area contributed by atoms with E-state index in [0.29, 0.717) is 12.6 Å². The van der Waals surface area contributed by atoms with Crippen LogP contribution in [0.25, 0.3) is 0 Å². The maximum Gasteiger partial charge on any atom is 0.263 e. The Balaban J connectivity index is 1.67. The number of amides is 1. The lowest BCUT2D eigenvalue weighted by Crippen LogP contribution is -2.36. The van der Waals surface area contributed by atoms with Gasteiger partial charge in [0.1, 0.15) is 4.88 Å². The van der Waals surface area contributed by atoms with E-state index in [9.17, 15) is 4.79 Å². The van der Waals surface area contributed by atoms with Crippen LogP contribution in [0.1, 0.15) is 58.9 Å². The minimum absolute atomic E-state index is 0.00997. The summed E-state index contributed by atoms with van der Waals surface area (Å²) in [6, 6.07) is 0.641. The maximum absolute atomic E-state index is 12.0. The van der Waals surface area contributed by atoms with Crippen LogP contribution in [0.2, 0.25) is 0 Å². The Kier molecular flexibility index (Phi) is 5.98. The fraction of sp³-hybridized carbons (Fsp3) is 0.733. The van der Waals surface area contributed by atoms with E-state index in [1.807, 2.05) is 13.8 Å². The first kappa shape index (κ1) is 15.4. The molecule has 2 rings (SSSR count). The summed E-state index contributed by atoms with van der Waals surface area (Å²) in [7, 11) is 0. The molecule has 0 radical (unpaired) electrons. The second kappa shape index (κ2) is 7.74. The van der Waals surface area contributed by atoms with Gasteiger partial charge in [0.25, 0.3) is 5.91 Å². The fourth-order valence-corrected chi connectivity index (χ4v) is 3.59. The standard InChI is InChI=1S/C15H25N3OS/c1-11-14(20-12(2)18-11)15(19)17-10-9-16-13-7-5-3-4-6-8-13/h13,16H,3-10H2,1-2H3,(H,17,19). The molecular weight excluding hydrogens is 270 g/mol.